The third kappa shape index (κ3) is 1.48. The van der Waals surface area contributed by atoms with Crippen LogP contribution in [0.4, 0.5) is 0 Å². The highest BCUT2D eigenvalue weighted by atomic mass is 16.7. The lowest BCUT2D eigenvalue weighted by Gasteiger charge is -2.21. The fourth-order valence-electron chi connectivity index (χ4n) is 2.39. The first kappa shape index (κ1) is 10.4. The van der Waals surface area contributed by atoms with Gasteiger partial charge < -0.3 is 24.4 Å². The van der Waals surface area contributed by atoms with Gasteiger partial charge in [0.25, 0.3) is 0 Å². The Morgan fingerprint density at radius 2 is 1.63 bits per heavy atom. The SMILES string of the molecule is Oc1cc(O)c2c(c1)Oc1cc3c(cc1C2)OCO3. The van der Waals surface area contributed by atoms with Crippen LogP contribution in [0.3, 0.4) is 0 Å². The molecule has 0 aromatic heterocycles. The lowest BCUT2D eigenvalue weighted by molar-refractivity contribution is 0.174. The van der Waals surface area contributed by atoms with E-state index in [0.29, 0.717) is 35.0 Å². The minimum Gasteiger partial charge on any atom is -0.508 e. The van der Waals surface area contributed by atoms with E-state index in [1.807, 2.05) is 6.07 Å². The summed E-state index contributed by atoms with van der Waals surface area (Å²) in [5.41, 5.74) is 1.57. The fraction of sp³-hybridized carbons (Fsp3) is 0.143. The maximum absolute atomic E-state index is 9.86. The quantitative estimate of drug-likeness (QED) is 0.648. The molecule has 5 nitrogen and oxygen atoms in total. The molecule has 2 N–H and O–H groups in total. The van der Waals surface area contributed by atoms with Crippen LogP contribution in [-0.2, 0) is 6.42 Å². The highest BCUT2D eigenvalue weighted by molar-refractivity contribution is 5.61. The smallest absolute Gasteiger partial charge is 0.231 e. The Balaban J connectivity index is 1.85. The van der Waals surface area contributed by atoms with Crippen LogP contribution in [0.1, 0.15) is 11.1 Å². The van der Waals surface area contributed by atoms with Crippen molar-refractivity contribution >= 4 is 0 Å². The van der Waals surface area contributed by atoms with E-state index in [2.05, 4.69) is 0 Å². The van der Waals surface area contributed by atoms with E-state index >= 15 is 0 Å². The Morgan fingerprint density at radius 3 is 2.47 bits per heavy atom. The topological polar surface area (TPSA) is 68.2 Å². The van der Waals surface area contributed by atoms with Gasteiger partial charge in [0.05, 0.1) is 0 Å². The molecule has 2 aromatic rings. The summed E-state index contributed by atoms with van der Waals surface area (Å²) >= 11 is 0. The van der Waals surface area contributed by atoms with Crippen molar-refractivity contribution in [2.45, 2.75) is 6.42 Å². The molecule has 19 heavy (non-hydrogen) atoms. The number of aromatic hydroxyl groups is 2. The normalized spacial score (nSPS) is 14.5. The van der Waals surface area contributed by atoms with Crippen LogP contribution in [0.2, 0.25) is 0 Å². The van der Waals surface area contributed by atoms with Crippen LogP contribution in [0.25, 0.3) is 0 Å². The molecule has 0 atom stereocenters. The van der Waals surface area contributed by atoms with E-state index < -0.39 is 0 Å². The van der Waals surface area contributed by atoms with Crippen molar-refractivity contribution in [3.8, 4) is 34.5 Å². The fourth-order valence-corrected chi connectivity index (χ4v) is 2.39. The van der Waals surface area contributed by atoms with Gasteiger partial charge in [-0.15, -0.1) is 0 Å². The summed E-state index contributed by atoms with van der Waals surface area (Å²) in [4.78, 5) is 0. The van der Waals surface area contributed by atoms with Crippen molar-refractivity contribution in [1.29, 1.82) is 0 Å². The number of rotatable bonds is 0. The van der Waals surface area contributed by atoms with Crippen molar-refractivity contribution in [3.05, 3.63) is 35.4 Å². The summed E-state index contributed by atoms with van der Waals surface area (Å²) in [6, 6.07) is 6.41. The van der Waals surface area contributed by atoms with Crippen molar-refractivity contribution in [2.24, 2.45) is 0 Å². The summed E-state index contributed by atoms with van der Waals surface area (Å²) in [6.07, 6.45) is 0.521. The molecule has 0 spiro atoms. The number of hydrogen-bond donors (Lipinski definition) is 2. The molecule has 0 aliphatic carbocycles. The van der Waals surface area contributed by atoms with Gasteiger partial charge in [0.15, 0.2) is 11.5 Å². The summed E-state index contributed by atoms with van der Waals surface area (Å²) in [5, 5.41) is 19.3. The zero-order valence-corrected chi connectivity index (χ0v) is 9.84. The third-order valence-corrected chi connectivity index (χ3v) is 3.31. The zero-order chi connectivity index (χ0) is 13.0. The van der Waals surface area contributed by atoms with E-state index in [-0.39, 0.29) is 18.3 Å². The number of ether oxygens (including phenoxy) is 3. The Hall–Kier alpha value is -2.56. The number of benzene rings is 2. The molecule has 96 valence electrons. The maximum Gasteiger partial charge on any atom is 0.231 e. The van der Waals surface area contributed by atoms with Gasteiger partial charge in [-0.25, -0.2) is 0 Å². The second-order valence-electron chi connectivity index (χ2n) is 4.53. The van der Waals surface area contributed by atoms with E-state index in [9.17, 15) is 10.2 Å². The number of phenols is 2. The van der Waals surface area contributed by atoms with Crippen LogP contribution in [0.5, 0.6) is 34.5 Å². The summed E-state index contributed by atoms with van der Waals surface area (Å²) in [6.45, 7) is 0.206. The molecule has 0 saturated heterocycles. The van der Waals surface area contributed by atoms with E-state index in [1.54, 1.807) is 6.07 Å². The Morgan fingerprint density at radius 1 is 0.842 bits per heavy atom. The molecule has 2 heterocycles. The van der Waals surface area contributed by atoms with E-state index in [1.165, 1.54) is 12.1 Å². The molecular weight excluding hydrogens is 248 g/mol. The summed E-state index contributed by atoms with van der Waals surface area (Å²) in [7, 11) is 0. The van der Waals surface area contributed by atoms with Gasteiger partial charge in [-0.3, -0.25) is 0 Å². The zero-order valence-electron chi connectivity index (χ0n) is 9.84. The average Bonchev–Trinajstić information content (AvgIpc) is 2.81. The maximum atomic E-state index is 9.86. The van der Waals surface area contributed by atoms with E-state index in [0.717, 1.165) is 5.56 Å². The summed E-state index contributed by atoms with van der Waals surface area (Å²) < 4.78 is 16.3. The molecular formula is C14H10O5. The molecule has 5 heteroatoms. The van der Waals surface area contributed by atoms with Crippen LogP contribution in [-0.4, -0.2) is 17.0 Å². The Labute approximate surface area is 108 Å². The largest absolute Gasteiger partial charge is 0.508 e. The van der Waals surface area contributed by atoms with Crippen LogP contribution in [0, 0.1) is 0 Å². The first-order chi connectivity index (χ1) is 9.20. The van der Waals surface area contributed by atoms with Crippen molar-refractivity contribution in [1.82, 2.24) is 0 Å². The van der Waals surface area contributed by atoms with Gasteiger partial charge in [0.1, 0.15) is 23.0 Å². The first-order valence-corrected chi connectivity index (χ1v) is 5.86. The predicted molar refractivity (Wildman–Crippen MR) is 65.2 cm³/mol. The monoisotopic (exact) mass is 258 g/mol. The molecule has 2 aliphatic heterocycles. The minimum absolute atomic E-state index is 0.0262. The van der Waals surface area contributed by atoms with E-state index in [4.69, 9.17) is 14.2 Å². The number of hydrogen-bond acceptors (Lipinski definition) is 5. The number of phenolic OH excluding ortho intramolecular Hbond substituents is 2. The lowest BCUT2D eigenvalue weighted by atomic mass is 9.99. The summed E-state index contributed by atoms with van der Waals surface area (Å²) in [5.74, 6) is 2.44. The molecule has 2 aromatic carbocycles. The average molecular weight is 258 g/mol. The van der Waals surface area contributed by atoms with Crippen molar-refractivity contribution < 1.29 is 24.4 Å². The van der Waals surface area contributed by atoms with Crippen molar-refractivity contribution in [3.63, 3.8) is 0 Å². The molecule has 0 amide bonds. The highest BCUT2D eigenvalue weighted by Crippen LogP contribution is 2.47. The molecule has 4 rings (SSSR count). The highest BCUT2D eigenvalue weighted by Gasteiger charge is 2.25. The van der Waals surface area contributed by atoms with Gasteiger partial charge in [0, 0.05) is 35.7 Å². The predicted octanol–water partition coefficient (Wildman–Crippen LogP) is 2.52. The van der Waals surface area contributed by atoms with Crippen LogP contribution < -0.4 is 14.2 Å². The van der Waals surface area contributed by atoms with Gasteiger partial charge in [-0.2, -0.15) is 0 Å². The minimum atomic E-state index is -0.0274. The van der Waals surface area contributed by atoms with Crippen LogP contribution >= 0.6 is 0 Å². The third-order valence-electron chi connectivity index (χ3n) is 3.31. The molecule has 0 radical (unpaired) electrons. The van der Waals surface area contributed by atoms with Gasteiger partial charge in [0.2, 0.25) is 6.79 Å². The van der Waals surface area contributed by atoms with Gasteiger partial charge in [-0.1, -0.05) is 0 Å². The Bertz CT molecular complexity index is 693. The van der Waals surface area contributed by atoms with Crippen LogP contribution in [0.15, 0.2) is 24.3 Å². The van der Waals surface area contributed by atoms with Gasteiger partial charge in [-0.05, 0) is 6.07 Å². The molecule has 0 saturated carbocycles. The Kier molecular flexibility index (Phi) is 1.90. The lowest BCUT2D eigenvalue weighted by Crippen LogP contribution is -2.03. The molecule has 0 unspecified atom stereocenters. The second kappa shape index (κ2) is 3.47. The standard InChI is InChI=1S/C14H10O5/c15-8-3-10(16)9-1-7-2-13-14(18-6-17-13)5-11(7)19-12(9)4-8/h2-5,15-16H,1,6H2. The molecule has 2 aliphatic rings. The van der Waals surface area contributed by atoms with Gasteiger partial charge >= 0.3 is 0 Å². The van der Waals surface area contributed by atoms with Crippen molar-refractivity contribution in [2.75, 3.05) is 6.79 Å². The molecule has 0 fully saturated rings. The second-order valence-corrected chi connectivity index (χ2v) is 4.53. The molecule has 0 bridgehead atoms. The number of fused-ring (bicyclic) bond motifs is 3. The first-order valence-electron chi connectivity index (χ1n) is 5.86.